The molecule has 2 aromatic rings. The Kier molecular flexibility index (Phi) is 7.00. The summed E-state index contributed by atoms with van der Waals surface area (Å²) in [6.45, 7) is 2.00. The SMILES string of the molecule is C=O.CO.c1ccc2ccccc2c1. The third kappa shape index (κ3) is 3.37. The van der Waals surface area contributed by atoms with E-state index in [9.17, 15) is 0 Å². The van der Waals surface area contributed by atoms with E-state index in [0.29, 0.717) is 0 Å². The van der Waals surface area contributed by atoms with Crippen molar-refractivity contribution in [3.63, 3.8) is 0 Å². The number of carbonyl (C=O) groups is 1. The first-order chi connectivity index (χ1) is 6.97. The maximum absolute atomic E-state index is 8.00. The molecule has 0 fully saturated rings. The van der Waals surface area contributed by atoms with Crippen molar-refractivity contribution in [3.8, 4) is 0 Å². The molecule has 2 nitrogen and oxygen atoms in total. The van der Waals surface area contributed by atoms with Gasteiger partial charge in [-0.25, -0.2) is 0 Å². The molecule has 1 N–H and O–H groups in total. The summed E-state index contributed by atoms with van der Waals surface area (Å²) in [5, 5.41) is 9.62. The molecule has 2 rings (SSSR count). The Morgan fingerprint density at radius 2 is 1.00 bits per heavy atom. The van der Waals surface area contributed by atoms with E-state index in [0.717, 1.165) is 7.11 Å². The van der Waals surface area contributed by atoms with Crippen molar-refractivity contribution >= 4 is 17.6 Å². The predicted molar refractivity (Wildman–Crippen MR) is 59.2 cm³/mol. The fourth-order valence-electron chi connectivity index (χ4n) is 1.13. The van der Waals surface area contributed by atoms with Gasteiger partial charge in [-0.05, 0) is 10.8 Å². The molecule has 0 bridgehead atoms. The van der Waals surface area contributed by atoms with E-state index in [-0.39, 0.29) is 0 Å². The molecule has 0 aromatic heterocycles. The zero-order valence-corrected chi connectivity index (χ0v) is 8.18. The Labute approximate surface area is 83.8 Å². The van der Waals surface area contributed by atoms with E-state index in [2.05, 4.69) is 48.5 Å². The van der Waals surface area contributed by atoms with Crippen LogP contribution >= 0.6 is 0 Å². The van der Waals surface area contributed by atoms with Gasteiger partial charge in [0.05, 0.1) is 0 Å². The van der Waals surface area contributed by atoms with Crippen molar-refractivity contribution in [1.29, 1.82) is 0 Å². The summed E-state index contributed by atoms with van der Waals surface area (Å²) in [5.41, 5.74) is 0. The van der Waals surface area contributed by atoms with Crippen LogP contribution in [0.2, 0.25) is 0 Å². The molecule has 2 heteroatoms. The highest BCUT2D eigenvalue weighted by atomic mass is 16.2. The van der Waals surface area contributed by atoms with E-state index in [1.54, 1.807) is 0 Å². The maximum atomic E-state index is 8.00. The van der Waals surface area contributed by atoms with Crippen molar-refractivity contribution in [1.82, 2.24) is 0 Å². The normalized spacial score (nSPS) is 7.86. The second kappa shape index (κ2) is 7.95. The summed E-state index contributed by atoms with van der Waals surface area (Å²) in [5.74, 6) is 0. The predicted octanol–water partition coefficient (Wildman–Crippen LogP) is 2.26. The lowest BCUT2D eigenvalue weighted by atomic mass is 10.1. The Morgan fingerprint density at radius 3 is 1.21 bits per heavy atom. The number of carbonyl (C=O) groups excluding carboxylic acids is 1. The van der Waals surface area contributed by atoms with E-state index in [4.69, 9.17) is 9.90 Å². The number of aliphatic hydroxyl groups excluding tert-OH is 1. The summed E-state index contributed by atoms with van der Waals surface area (Å²) in [7, 11) is 1.00. The lowest BCUT2D eigenvalue weighted by Crippen LogP contribution is -1.67. The van der Waals surface area contributed by atoms with Gasteiger partial charge in [0.2, 0.25) is 0 Å². The van der Waals surface area contributed by atoms with Gasteiger partial charge in [-0.2, -0.15) is 0 Å². The van der Waals surface area contributed by atoms with Gasteiger partial charge >= 0.3 is 0 Å². The van der Waals surface area contributed by atoms with Crippen LogP contribution in [0, 0.1) is 0 Å². The van der Waals surface area contributed by atoms with Gasteiger partial charge in [0.25, 0.3) is 0 Å². The minimum absolute atomic E-state index is 1.00. The molecule has 0 atom stereocenters. The molecular weight excluding hydrogens is 176 g/mol. The van der Waals surface area contributed by atoms with E-state index in [1.807, 2.05) is 6.79 Å². The smallest absolute Gasteiger partial charge is 0.106 e. The first-order valence-electron chi connectivity index (χ1n) is 4.14. The fraction of sp³-hybridized carbons (Fsp3) is 0.0833. The van der Waals surface area contributed by atoms with Crippen LogP contribution in [0.1, 0.15) is 0 Å². The highest BCUT2D eigenvalue weighted by Crippen LogP contribution is 2.11. The second-order valence-corrected chi connectivity index (χ2v) is 2.35. The lowest BCUT2D eigenvalue weighted by molar-refractivity contribution is -0.0979. The average molecular weight is 190 g/mol. The molecule has 14 heavy (non-hydrogen) atoms. The van der Waals surface area contributed by atoms with Gasteiger partial charge in [-0.15, -0.1) is 0 Å². The number of fused-ring (bicyclic) bond motifs is 1. The molecule has 0 spiro atoms. The standard InChI is InChI=1S/C10H8.CH4O.CH2O/c1-2-6-10-8-4-3-7-9(10)5-1;2*1-2/h1-8H;2H,1H3;1H2. The quantitative estimate of drug-likeness (QED) is 0.691. The van der Waals surface area contributed by atoms with Crippen molar-refractivity contribution < 1.29 is 9.90 Å². The van der Waals surface area contributed by atoms with Crippen LogP contribution in [-0.4, -0.2) is 19.0 Å². The Hall–Kier alpha value is -1.67. The number of rotatable bonds is 0. The molecule has 0 unspecified atom stereocenters. The van der Waals surface area contributed by atoms with Gasteiger partial charge in [0.1, 0.15) is 6.79 Å². The van der Waals surface area contributed by atoms with Crippen LogP contribution in [0.5, 0.6) is 0 Å². The van der Waals surface area contributed by atoms with Crippen LogP contribution in [0.3, 0.4) is 0 Å². The number of hydrogen-bond acceptors (Lipinski definition) is 2. The fourth-order valence-corrected chi connectivity index (χ4v) is 1.13. The highest BCUT2D eigenvalue weighted by molar-refractivity contribution is 5.81. The average Bonchev–Trinajstić information content (AvgIpc) is 2.34. The summed E-state index contributed by atoms with van der Waals surface area (Å²) >= 11 is 0. The minimum atomic E-state index is 1.00. The Morgan fingerprint density at radius 1 is 0.786 bits per heavy atom. The van der Waals surface area contributed by atoms with Crippen LogP contribution in [0.15, 0.2) is 48.5 Å². The van der Waals surface area contributed by atoms with Gasteiger partial charge in [-0.3, -0.25) is 0 Å². The molecule has 0 aliphatic heterocycles. The lowest BCUT2D eigenvalue weighted by Gasteiger charge is -1.92. The minimum Gasteiger partial charge on any atom is -0.400 e. The summed E-state index contributed by atoms with van der Waals surface area (Å²) in [6.07, 6.45) is 0. The monoisotopic (exact) mass is 190 g/mol. The van der Waals surface area contributed by atoms with Gasteiger partial charge in [-0.1, -0.05) is 48.5 Å². The molecule has 2 aromatic carbocycles. The number of aliphatic hydroxyl groups is 1. The van der Waals surface area contributed by atoms with Crippen molar-refractivity contribution in [3.05, 3.63) is 48.5 Å². The molecule has 0 radical (unpaired) electrons. The zero-order chi connectivity index (χ0) is 10.8. The maximum Gasteiger partial charge on any atom is 0.106 e. The molecule has 0 aliphatic rings. The largest absolute Gasteiger partial charge is 0.400 e. The molecule has 0 aliphatic carbocycles. The van der Waals surface area contributed by atoms with Gasteiger partial charge < -0.3 is 9.90 Å². The van der Waals surface area contributed by atoms with E-state index >= 15 is 0 Å². The van der Waals surface area contributed by atoms with Gasteiger partial charge in [0, 0.05) is 7.11 Å². The Bertz CT molecular complexity index is 293. The topological polar surface area (TPSA) is 37.3 Å². The molecule has 74 valence electrons. The highest BCUT2D eigenvalue weighted by Gasteiger charge is 1.85. The summed E-state index contributed by atoms with van der Waals surface area (Å²) in [4.78, 5) is 8.00. The zero-order valence-electron chi connectivity index (χ0n) is 8.18. The Balaban J connectivity index is 0.000000379. The summed E-state index contributed by atoms with van der Waals surface area (Å²) in [6, 6.07) is 16.7. The molecule has 0 heterocycles. The van der Waals surface area contributed by atoms with Crippen LogP contribution in [0.4, 0.5) is 0 Å². The second-order valence-electron chi connectivity index (χ2n) is 2.35. The number of benzene rings is 2. The van der Waals surface area contributed by atoms with Crippen molar-refractivity contribution in [2.75, 3.05) is 7.11 Å². The first kappa shape index (κ1) is 12.3. The summed E-state index contributed by atoms with van der Waals surface area (Å²) < 4.78 is 0. The molecule has 0 saturated heterocycles. The molecule has 0 saturated carbocycles. The number of hydrogen-bond donors (Lipinski definition) is 1. The van der Waals surface area contributed by atoms with Crippen molar-refractivity contribution in [2.24, 2.45) is 0 Å². The van der Waals surface area contributed by atoms with Crippen molar-refractivity contribution in [2.45, 2.75) is 0 Å². The third-order valence-corrected chi connectivity index (χ3v) is 1.66. The first-order valence-corrected chi connectivity index (χ1v) is 4.14. The molecule has 0 amide bonds. The van der Waals surface area contributed by atoms with Crippen LogP contribution in [-0.2, 0) is 4.79 Å². The van der Waals surface area contributed by atoms with Gasteiger partial charge in [0.15, 0.2) is 0 Å². The van der Waals surface area contributed by atoms with Crippen LogP contribution in [0.25, 0.3) is 10.8 Å². The van der Waals surface area contributed by atoms with E-state index in [1.165, 1.54) is 10.8 Å². The van der Waals surface area contributed by atoms with Crippen LogP contribution < -0.4 is 0 Å². The molecular formula is C12H14O2. The van der Waals surface area contributed by atoms with E-state index < -0.39 is 0 Å². The third-order valence-electron chi connectivity index (χ3n) is 1.66.